The van der Waals surface area contributed by atoms with Gasteiger partial charge in [-0.25, -0.2) is 9.59 Å². The van der Waals surface area contributed by atoms with Crippen LogP contribution >= 0.6 is 0 Å². The number of carbonyl (C=O) groups is 2. The van der Waals surface area contributed by atoms with Crippen molar-refractivity contribution in [3.8, 4) is 5.75 Å². The normalized spacial score (nSPS) is 20.4. The Morgan fingerprint density at radius 2 is 1.53 bits per heavy atom. The maximum atomic E-state index is 14.5. The van der Waals surface area contributed by atoms with Gasteiger partial charge in [-0.1, -0.05) is 92.7 Å². The monoisotopic (exact) mass is 798 g/mol. The SMILES string of the molecule is CC(CO)=C1CCc2ccc(cc2)C[C@H](CCc2cccc(Cc3ccccc3)c2)CC(=O)O[C@H]2c3c(ccc4c(CO)c(C(C)C)c(=O)oc34)OC(C)(C)[C@H]2OC1=O. The highest BCUT2D eigenvalue weighted by molar-refractivity contribution is 5.90. The Balaban J connectivity index is 1.29. The molecule has 3 aliphatic rings. The predicted molar refractivity (Wildman–Crippen MR) is 226 cm³/mol. The lowest BCUT2D eigenvalue weighted by Gasteiger charge is -2.43. The molecule has 5 aromatic rings. The van der Waals surface area contributed by atoms with Crippen molar-refractivity contribution in [3.05, 3.63) is 157 Å². The molecule has 0 amide bonds. The fourth-order valence-electron chi connectivity index (χ4n) is 8.66. The highest BCUT2D eigenvalue weighted by Gasteiger charge is 2.50. The zero-order chi connectivity index (χ0) is 41.8. The average Bonchev–Trinajstić information content (AvgIpc) is 3.20. The van der Waals surface area contributed by atoms with Gasteiger partial charge in [0.25, 0.3) is 0 Å². The number of aryl methyl sites for hydroxylation is 2. The van der Waals surface area contributed by atoms with Gasteiger partial charge in [0.1, 0.15) is 16.9 Å². The van der Waals surface area contributed by atoms with Crippen molar-refractivity contribution in [2.45, 2.75) is 110 Å². The van der Waals surface area contributed by atoms with Gasteiger partial charge in [-0.05, 0) is 122 Å². The number of hydrogen-bond donors (Lipinski definition) is 2. The number of aliphatic hydroxyl groups is 2. The third-order valence-corrected chi connectivity index (χ3v) is 11.8. The Hall–Kier alpha value is -5.51. The zero-order valence-electron chi connectivity index (χ0n) is 34.6. The minimum absolute atomic E-state index is 0.0715. The fraction of sp³-hybridized carbons (Fsp3) is 0.380. The van der Waals surface area contributed by atoms with Crippen LogP contribution in [0.3, 0.4) is 0 Å². The Labute approximate surface area is 345 Å². The van der Waals surface area contributed by atoms with E-state index in [1.54, 1.807) is 32.9 Å². The Morgan fingerprint density at radius 3 is 2.24 bits per heavy atom. The molecule has 3 atom stereocenters. The van der Waals surface area contributed by atoms with Crippen LogP contribution in [0.15, 0.2) is 111 Å². The van der Waals surface area contributed by atoms with Crippen molar-refractivity contribution < 1.29 is 38.4 Å². The first-order valence-electron chi connectivity index (χ1n) is 20.7. The van der Waals surface area contributed by atoms with Gasteiger partial charge in [-0.2, -0.15) is 0 Å². The molecule has 0 saturated carbocycles. The van der Waals surface area contributed by atoms with E-state index in [-0.39, 0.29) is 36.0 Å². The van der Waals surface area contributed by atoms with Crippen LogP contribution in [0.5, 0.6) is 5.75 Å². The summed E-state index contributed by atoms with van der Waals surface area (Å²) in [4.78, 5) is 42.3. The van der Waals surface area contributed by atoms with E-state index in [9.17, 15) is 24.6 Å². The number of carbonyl (C=O) groups excluding carboxylic acids is 2. The molecular weight excluding hydrogens is 745 g/mol. The second-order valence-electron chi connectivity index (χ2n) is 16.9. The molecule has 0 unspecified atom stereocenters. The van der Waals surface area contributed by atoms with Crippen molar-refractivity contribution in [2.75, 3.05) is 6.61 Å². The van der Waals surface area contributed by atoms with Gasteiger partial charge in [0.15, 0.2) is 12.2 Å². The molecule has 1 aromatic heterocycles. The molecule has 308 valence electrons. The van der Waals surface area contributed by atoms with E-state index in [1.165, 1.54) is 16.7 Å². The molecule has 2 N–H and O–H groups in total. The minimum Gasteiger partial charge on any atom is -0.483 e. The summed E-state index contributed by atoms with van der Waals surface area (Å²) in [6, 6.07) is 30.7. The highest BCUT2D eigenvalue weighted by atomic mass is 16.6. The third kappa shape index (κ3) is 9.22. The van der Waals surface area contributed by atoms with Crippen molar-refractivity contribution in [1.29, 1.82) is 0 Å². The summed E-state index contributed by atoms with van der Waals surface area (Å²) < 4.78 is 25.4. The number of ether oxygens (including phenoxy) is 3. The summed E-state index contributed by atoms with van der Waals surface area (Å²) in [5, 5.41) is 21.2. The third-order valence-electron chi connectivity index (χ3n) is 11.8. The number of aliphatic hydroxyl groups excluding tert-OH is 2. The lowest BCUT2D eigenvalue weighted by molar-refractivity contribution is -0.188. The smallest absolute Gasteiger partial charge is 0.340 e. The highest BCUT2D eigenvalue weighted by Crippen LogP contribution is 2.48. The molecule has 0 aliphatic carbocycles. The molecule has 8 rings (SSSR count). The van der Waals surface area contributed by atoms with Crippen LogP contribution in [0, 0.1) is 5.92 Å². The Kier molecular flexibility index (Phi) is 12.5. The summed E-state index contributed by atoms with van der Waals surface area (Å²) in [6.07, 6.45) is 1.41. The maximum Gasteiger partial charge on any atom is 0.340 e. The van der Waals surface area contributed by atoms with Gasteiger partial charge in [0.2, 0.25) is 0 Å². The summed E-state index contributed by atoms with van der Waals surface area (Å²) in [6.45, 7) is 8.15. The van der Waals surface area contributed by atoms with E-state index >= 15 is 0 Å². The molecule has 0 spiro atoms. The van der Waals surface area contributed by atoms with Crippen LogP contribution in [0.4, 0.5) is 0 Å². The van der Waals surface area contributed by atoms with E-state index in [0.717, 1.165) is 24.0 Å². The second-order valence-corrected chi connectivity index (χ2v) is 16.9. The van der Waals surface area contributed by atoms with Crippen LogP contribution < -0.4 is 10.4 Å². The van der Waals surface area contributed by atoms with Crippen molar-refractivity contribution >= 4 is 22.9 Å². The second kappa shape index (κ2) is 17.8. The first-order valence-corrected chi connectivity index (χ1v) is 20.7. The molecule has 3 aliphatic heterocycles. The van der Waals surface area contributed by atoms with Crippen molar-refractivity contribution in [1.82, 2.24) is 0 Å². The van der Waals surface area contributed by atoms with Crippen molar-refractivity contribution in [2.24, 2.45) is 5.92 Å². The summed E-state index contributed by atoms with van der Waals surface area (Å²) in [5.41, 5.74) is 5.81. The molecule has 0 fully saturated rings. The van der Waals surface area contributed by atoms with Crippen LogP contribution in [-0.2, 0) is 51.4 Å². The van der Waals surface area contributed by atoms with Crippen LogP contribution in [0.25, 0.3) is 11.0 Å². The lowest BCUT2D eigenvalue weighted by atomic mass is 9.85. The minimum atomic E-state index is -1.24. The molecule has 0 radical (unpaired) electrons. The quantitative estimate of drug-likeness (QED) is 0.0898. The molecular formula is C50H54O9. The Bertz CT molecular complexity index is 2410. The molecule has 9 heteroatoms. The number of esters is 2. The van der Waals surface area contributed by atoms with E-state index in [4.69, 9.17) is 18.6 Å². The van der Waals surface area contributed by atoms with Crippen LogP contribution in [-0.4, -0.2) is 40.5 Å². The van der Waals surface area contributed by atoms with Crippen LogP contribution in [0.2, 0.25) is 0 Å². The van der Waals surface area contributed by atoms with Gasteiger partial charge < -0.3 is 28.8 Å². The van der Waals surface area contributed by atoms with Gasteiger partial charge in [-0.3, -0.25) is 4.79 Å². The standard InChI is InChI=1S/C50H54O9/c1-30(2)43-40(29-52)39-22-23-41-44(45(39)57-49(43)55)46-47(50(4,5)59-41)58-48(54)38(31(3)28-51)21-20-32-14-16-35(17-15-32)26-37(27-42(53)56-46)19-18-34-12-9-13-36(25-34)24-33-10-7-6-8-11-33/h6-17,22-23,25,30,37,46-47,51-52H,18-21,24,26-29H2,1-5H3/t37-,46-,47-/m0/s1. The van der Waals surface area contributed by atoms with Gasteiger partial charge in [-0.15, -0.1) is 0 Å². The molecule has 4 heterocycles. The molecule has 4 aromatic carbocycles. The molecule has 59 heavy (non-hydrogen) atoms. The summed E-state index contributed by atoms with van der Waals surface area (Å²) >= 11 is 0. The zero-order valence-corrected chi connectivity index (χ0v) is 34.6. The number of benzene rings is 4. The van der Waals surface area contributed by atoms with E-state index in [2.05, 4.69) is 60.7 Å². The van der Waals surface area contributed by atoms with Gasteiger partial charge in [0, 0.05) is 22.9 Å². The summed E-state index contributed by atoms with van der Waals surface area (Å²) in [7, 11) is 0. The lowest BCUT2D eigenvalue weighted by Crippen LogP contribution is -2.52. The largest absolute Gasteiger partial charge is 0.483 e. The van der Waals surface area contributed by atoms with Gasteiger partial charge in [0.05, 0.1) is 18.8 Å². The van der Waals surface area contributed by atoms with E-state index < -0.39 is 42.0 Å². The summed E-state index contributed by atoms with van der Waals surface area (Å²) in [5.74, 6) is -1.21. The average molecular weight is 799 g/mol. The number of rotatable bonds is 8. The molecule has 0 saturated heterocycles. The topological polar surface area (TPSA) is 133 Å². The fourth-order valence-corrected chi connectivity index (χ4v) is 8.66. The molecule has 2 bridgehead atoms. The van der Waals surface area contributed by atoms with E-state index in [0.29, 0.717) is 59.1 Å². The maximum absolute atomic E-state index is 14.5. The van der Waals surface area contributed by atoms with Crippen LogP contribution in [0.1, 0.15) is 110 Å². The van der Waals surface area contributed by atoms with E-state index in [1.807, 2.05) is 32.0 Å². The Morgan fingerprint density at radius 1 is 0.814 bits per heavy atom. The number of fused-ring (bicyclic) bond motifs is 13. The first-order chi connectivity index (χ1) is 28.3. The number of hydrogen-bond acceptors (Lipinski definition) is 9. The molecule has 9 nitrogen and oxygen atoms in total. The first kappa shape index (κ1) is 41.6. The van der Waals surface area contributed by atoms with Crippen molar-refractivity contribution in [3.63, 3.8) is 0 Å². The van der Waals surface area contributed by atoms with Gasteiger partial charge >= 0.3 is 17.6 Å². The predicted octanol–water partition coefficient (Wildman–Crippen LogP) is 8.80.